The normalized spacial score (nSPS) is 24.0. The van der Waals surface area contributed by atoms with Crippen molar-refractivity contribution in [2.75, 3.05) is 20.6 Å². The van der Waals surface area contributed by atoms with Gasteiger partial charge in [-0.3, -0.25) is 23.7 Å². The Morgan fingerprint density at radius 3 is 2.53 bits per heavy atom. The molecule has 4 heterocycles. The number of Topliss-reactive ketones (excluding diaryl/α,β-unsaturated/α-hetero) is 1. The number of amides is 2. The Morgan fingerprint density at radius 1 is 1.06 bits per heavy atom. The molecule has 18 heteroatoms. The van der Waals surface area contributed by atoms with Gasteiger partial charge in [-0.25, -0.2) is 18.5 Å². The number of ketones is 1. The number of rotatable bonds is 10. The van der Waals surface area contributed by atoms with Gasteiger partial charge in [-0.15, -0.1) is 11.3 Å². The number of para-hydroxylation sites is 1. The van der Waals surface area contributed by atoms with E-state index in [-0.39, 0.29) is 55.8 Å². The number of thiazole rings is 1. The first-order chi connectivity index (χ1) is 30.2. The number of hydrogen-bond acceptors (Lipinski definition) is 11. The monoisotopic (exact) mass is 922 g/mol. The van der Waals surface area contributed by atoms with Gasteiger partial charge in [0.1, 0.15) is 33.9 Å². The topological polar surface area (TPSA) is 170 Å². The number of hydrogen-bond donors (Lipinski definition) is 1. The minimum Gasteiger partial charge on any atom is -0.460 e. The molecular weight excluding hydrogens is 867 g/mol. The lowest BCUT2D eigenvalue weighted by atomic mass is 9.90. The predicted molar refractivity (Wildman–Crippen MR) is 238 cm³/mol. The van der Waals surface area contributed by atoms with Crippen LogP contribution in [0.2, 0.25) is 0 Å². The number of nitrogens with one attached hydrogen (secondary N) is 1. The van der Waals surface area contributed by atoms with Gasteiger partial charge in [-0.1, -0.05) is 31.1 Å². The number of fused-ring (bicyclic) bond motifs is 3. The van der Waals surface area contributed by atoms with E-state index in [9.17, 15) is 36.4 Å². The summed E-state index contributed by atoms with van der Waals surface area (Å²) in [6.07, 6.45) is 6.20. The number of halogens is 2. The van der Waals surface area contributed by atoms with E-state index >= 15 is 0 Å². The summed E-state index contributed by atoms with van der Waals surface area (Å²) in [5, 5.41) is 2.24. The smallest absolute Gasteiger partial charge is 0.307 e. The molecule has 2 amide bonds. The molecule has 7 rings (SSSR count). The van der Waals surface area contributed by atoms with Crippen LogP contribution in [0.4, 0.5) is 8.78 Å². The van der Waals surface area contributed by atoms with Crippen LogP contribution in [0, 0.1) is 28.9 Å². The van der Waals surface area contributed by atoms with Gasteiger partial charge in [0.25, 0.3) is 6.01 Å². The zero-order chi connectivity index (χ0) is 46.3. The molecule has 2 aliphatic heterocycles. The molecule has 64 heavy (non-hydrogen) atoms. The molecule has 0 radical (unpaired) electrons. The van der Waals surface area contributed by atoms with Crippen LogP contribution in [0.1, 0.15) is 98.4 Å². The third-order valence-electron chi connectivity index (χ3n) is 12.1. The van der Waals surface area contributed by atoms with Gasteiger partial charge < -0.3 is 14.4 Å². The molecule has 2 aromatic carbocycles. The maximum absolute atomic E-state index is 14.8. The number of esters is 1. The summed E-state index contributed by atoms with van der Waals surface area (Å²) < 4.78 is 71.5. The number of imidazole rings is 1. The fraction of sp³-hybridized carbons (Fsp3) is 0.522. The number of ether oxygens (including phenoxy) is 2. The van der Waals surface area contributed by atoms with Gasteiger partial charge in [-0.05, 0) is 90.5 Å². The Hall–Kier alpha value is -5.07. The van der Waals surface area contributed by atoms with Crippen LogP contribution in [-0.4, -0.2) is 94.1 Å². The minimum atomic E-state index is -4.17. The molecule has 0 bridgehead atoms. The first kappa shape index (κ1) is 46.9. The van der Waals surface area contributed by atoms with E-state index in [1.807, 2.05) is 48.8 Å². The van der Waals surface area contributed by atoms with Crippen LogP contribution in [0.3, 0.4) is 0 Å². The first-order valence-corrected chi connectivity index (χ1v) is 24.0. The zero-order valence-corrected chi connectivity index (χ0v) is 38.9. The average molecular weight is 923 g/mol. The maximum atomic E-state index is 14.8. The molecule has 5 atom stereocenters. The quantitative estimate of drug-likeness (QED) is 0.122. The summed E-state index contributed by atoms with van der Waals surface area (Å²) in [6, 6.07) is 7.93. The highest BCUT2D eigenvalue weighted by Crippen LogP contribution is 2.57. The summed E-state index contributed by atoms with van der Waals surface area (Å²) in [5.74, 6) is -4.74. The summed E-state index contributed by atoms with van der Waals surface area (Å²) in [5.41, 5.74) is 0.304. The van der Waals surface area contributed by atoms with Crippen LogP contribution in [0.5, 0.6) is 6.01 Å². The number of carbonyl (C=O) groups excluding carboxylic acids is 4. The van der Waals surface area contributed by atoms with Gasteiger partial charge in [0.05, 0.1) is 35.6 Å². The molecule has 0 spiro atoms. The van der Waals surface area contributed by atoms with Crippen LogP contribution in [-0.2, 0) is 34.1 Å². The first-order valence-electron chi connectivity index (χ1n) is 21.7. The minimum absolute atomic E-state index is 0.0230. The molecule has 2 aromatic heterocycles. The van der Waals surface area contributed by atoms with Gasteiger partial charge in [0.15, 0.2) is 5.78 Å². The van der Waals surface area contributed by atoms with E-state index in [2.05, 4.69) is 4.72 Å². The Labute approximate surface area is 376 Å². The lowest BCUT2D eigenvalue weighted by Crippen LogP contribution is -2.47. The lowest BCUT2D eigenvalue weighted by molar-refractivity contribution is -0.159. The molecule has 14 nitrogen and oxygen atoms in total. The highest BCUT2D eigenvalue weighted by molar-refractivity contribution is 7.87. The molecule has 4 aromatic rings. The van der Waals surface area contributed by atoms with Crippen molar-refractivity contribution in [2.45, 2.75) is 116 Å². The molecule has 1 aliphatic carbocycles. The largest absolute Gasteiger partial charge is 0.460 e. The molecule has 1 saturated carbocycles. The third-order valence-corrected chi connectivity index (χ3v) is 14.4. The molecule has 3 aliphatic rings. The van der Waals surface area contributed by atoms with E-state index < -0.39 is 74.5 Å². The van der Waals surface area contributed by atoms with Crippen molar-refractivity contribution in [1.29, 1.82) is 0 Å². The van der Waals surface area contributed by atoms with Crippen LogP contribution < -0.4 is 9.46 Å². The standard InChI is InChI=1S/C46H56F2N6O8S2/c1-27(2)54-36-17-13-16-33(41-49-35(26-63-41)32-19-18-30(47)21-34(32)48)40(36)50-44(54)61-31-22-37-38(55)24-46(43(58)51-64(59,60)52(6)7)23-29(46)15-12-10-8-9-11-14-28(42(57)53(37)25-31)20-39(56)62-45(3,4)5/h12-13,15-19,21,26-29,31,37H,8-11,14,20,22-25H2,1-7H3,(H,51,58)/b15-12-/t28-,29-,31-,37+,46-/m1/s1. The molecule has 344 valence electrons. The van der Waals surface area contributed by atoms with Gasteiger partial charge >= 0.3 is 16.2 Å². The number of aromatic nitrogens is 3. The fourth-order valence-electron chi connectivity index (χ4n) is 8.74. The molecule has 1 saturated heterocycles. The Morgan fingerprint density at radius 2 is 1.83 bits per heavy atom. The van der Waals surface area contributed by atoms with Crippen LogP contribution in [0.15, 0.2) is 53.9 Å². The van der Waals surface area contributed by atoms with Crippen molar-refractivity contribution in [3.05, 3.63) is 65.6 Å². The highest BCUT2D eigenvalue weighted by atomic mass is 32.2. The van der Waals surface area contributed by atoms with Crippen molar-refractivity contribution in [1.82, 2.24) is 28.5 Å². The lowest BCUT2D eigenvalue weighted by Gasteiger charge is -2.29. The SMILES string of the molecule is CC(C)n1c(O[C@@H]2C[C@H]3C(=O)C[C@]4(C(=O)NS(=O)(=O)N(C)C)C[C@H]4/C=C\CCCCC[C@H](CC(=O)OC(C)(C)C)C(=O)N3C2)nc2c(-c3nc(-c4ccc(F)cc4F)cs3)cccc21. The fourth-order valence-corrected chi connectivity index (χ4v) is 10.2. The van der Waals surface area contributed by atoms with E-state index in [1.165, 1.54) is 42.5 Å². The number of carbonyl (C=O) groups is 4. The van der Waals surface area contributed by atoms with E-state index in [0.29, 0.717) is 41.0 Å². The summed E-state index contributed by atoms with van der Waals surface area (Å²) >= 11 is 1.28. The second kappa shape index (κ2) is 18.4. The second-order valence-electron chi connectivity index (χ2n) is 18.6. The molecule has 0 unspecified atom stereocenters. The van der Waals surface area contributed by atoms with Gasteiger partial charge in [0, 0.05) is 61.5 Å². The molecule has 2 fully saturated rings. The summed E-state index contributed by atoms with van der Waals surface area (Å²) in [6.45, 7) is 9.18. The molecule has 1 N–H and O–H groups in total. The van der Waals surface area contributed by atoms with Crippen molar-refractivity contribution < 1.29 is 45.9 Å². The maximum Gasteiger partial charge on any atom is 0.307 e. The second-order valence-corrected chi connectivity index (χ2v) is 21.3. The Bertz CT molecular complexity index is 2580. The third kappa shape index (κ3) is 10.1. The zero-order valence-electron chi connectivity index (χ0n) is 37.2. The Kier molecular flexibility index (Phi) is 13.5. The van der Waals surface area contributed by atoms with Crippen molar-refractivity contribution >= 4 is 56.1 Å². The summed E-state index contributed by atoms with van der Waals surface area (Å²) in [7, 11) is -1.57. The molecular formula is C46H56F2N6O8S2. The van der Waals surface area contributed by atoms with Crippen molar-refractivity contribution in [3.63, 3.8) is 0 Å². The van der Waals surface area contributed by atoms with Crippen LogP contribution >= 0.6 is 11.3 Å². The predicted octanol–water partition coefficient (Wildman–Crippen LogP) is 7.79. The number of benzene rings is 2. The highest BCUT2D eigenvalue weighted by Gasteiger charge is 2.61. The van der Waals surface area contributed by atoms with E-state index in [1.54, 1.807) is 26.2 Å². The summed E-state index contributed by atoms with van der Waals surface area (Å²) in [4.78, 5) is 67.8. The van der Waals surface area contributed by atoms with Crippen LogP contribution in [0.25, 0.3) is 32.9 Å². The van der Waals surface area contributed by atoms with Crippen molar-refractivity contribution in [2.24, 2.45) is 17.3 Å². The van der Waals surface area contributed by atoms with Gasteiger partial charge in [0.2, 0.25) is 11.8 Å². The van der Waals surface area contributed by atoms with E-state index in [4.69, 9.17) is 19.4 Å². The van der Waals surface area contributed by atoms with Gasteiger partial charge in [-0.2, -0.15) is 17.7 Å². The average Bonchev–Trinajstić information content (AvgIpc) is 3.54. The number of nitrogens with zero attached hydrogens (tertiary/aromatic N) is 5. The van der Waals surface area contributed by atoms with Crippen molar-refractivity contribution in [3.8, 4) is 27.8 Å². The Balaban J connectivity index is 1.23. The van der Waals surface area contributed by atoms with E-state index in [0.717, 1.165) is 28.7 Å². The number of allylic oxidation sites excluding steroid dienone is 2.